The Bertz CT molecular complexity index is 450. The molecule has 0 radical (unpaired) electrons. The number of guanidine groups is 1. The van der Waals surface area contributed by atoms with Crippen LogP contribution in [0.15, 0.2) is 34.5 Å². The quantitative estimate of drug-likeness (QED) is 0.320. The summed E-state index contributed by atoms with van der Waals surface area (Å²) in [6.45, 7) is 4.16. The Morgan fingerprint density at radius 2 is 1.95 bits per heavy atom. The molecule has 0 aromatic heterocycles. The molecule has 0 aliphatic rings. The number of benzene rings is 1. The summed E-state index contributed by atoms with van der Waals surface area (Å²) in [5, 5.41) is 8.95. The molecule has 5 N–H and O–H groups in total. The van der Waals surface area contributed by atoms with Crippen LogP contribution in [0.5, 0.6) is 5.75 Å². The van der Waals surface area contributed by atoms with Crippen molar-refractivity contribution in [1.82, 2.24) is 10.4 Å². The first-order valence-corrected chi connectivity index (χ1v) is 5.76. The van der Waals surface area contributed by atoms with E-state index in [1.807, 2.05) is 38.1 Å². The van der Waals surface area contributed by atoms with Gasteiger partial charge in [-0.05, 0) is 31.5 Å². The fourth-order valence-corrected chi connectivity index (χ4v) is 1.33. The van der Waals surface area contributed by atoms with E-state index in [-0.39, 0.29) is 5.96 Å². The topological polar surface area (TPSA) is 101 Å². The minimum absolute atomic E-state index is 0.289. The summed E-state index contributed by atoms with van der Waals surface area (Å²) in [5.41, 5.74) is 4.55. The number of nitrogens with two attached hydrogens (primary N) is 2. The standard InChI is InChI=1S/C12H20N6O/c1-9(2)16-17-12(15-13)18(14)8-10-4-6-11(19-3)7-5-10/h4-7H,8,13-14H2,1-3H3,(H,15,17). The van der Waals surface area contributed by atoms with Crippen molar-refractivity contribution in [3.05, 3.63) is 29.8 Å². The molecule has 0 fully saturated rings. The Morgan fingerprint density at radius 3 is 2.42 bits per heavy atom. The van der Waals surface area contributed by atoms with Crippen molar-refractivity contribution in [3.63, 3.8) is 0 Å². The first kappa shape index (κ1) is 14.8. The number of hydrazone groups is 2. The van der Waals surface area contributed by atoms with Gasteiger partial charge in [0.1, 0.15) is 5.75 Å². The van der Waals surface area contributed by atoms with Crippen LogP contribution >= 0.6 is 0 Å². The Balaban J connectivity index is 2.66. The number of ether oxygens (including phenoxy) is 1. The van der Waals surface area contributed by atoms with E-state index in [0.717, 1.165) is 17.0 Å². The minimum atomic E-state index is 0.289. The summed E-state index contributed by atoms with van der Waals surface area (Å²) in [4.78, 5) is 0. The van der Waals surface area contributed by atoms with Gasteiger partial charge in [0.25, 0.3) is 5.96 Å². The molecule has 0 spiro atoms. The lowest BCUT2D eigenvalue weighted by molar-refractivity contribution is 0.408. The third-order valence-electron chi connectivity index (χ3n) is 2.29. The van der Waals surface area contributed by atoms with Crippen LogP contribution in [0.25, 0.3) is 0 Å². The molecule has 104 valence electrons. The minimum Gasteiger partial charge on any atom is -0.497 e. The van der Waals surface area contributed by atoms with E-state index in [1.54, 1.807) is 7.11 Å². The van der Waals surface area contributed by atoms with E-state index in [2.05, 4.69) is 15.6 Å². The fourth-order valence-electron chi connectivity index (χ4n) is 1.33. The fraction of sp³-hybridized carbons (Fsp3) is 0.333. The highest BCUT2D eigenvalue weighted by molar-refractivity contribution is 5.83. The Labute approximate surface area is 112 Å². The van der Waals surface area contributed by atoms with Crippen LogP contribution in [0.4, 0.5) is 0 Å². The van der Waals surface area contributed by atoms with Crippen LogP contribution < -0.4 is 21.8 Å². The van der Waals surface area contributed by atoms with E-state index >= 15 is 0 Å². The molecule has 7 heteroatoms. The maximum Gasteiger partial charge on any atom is 0.251 e. The van der Waals surface area contributed by atoms with Crippen LogP contribution in [0, 0.1) is 0 Å². The number of methoxy groups -OCH3 is 1. The highest BCUT2D eigenvalue weighted by Gasteiger charge is 2.07. The lowest BCUT2D eigenvalue weighted by Crippen LogP contribution is -2.44. The van der Waals surface area contributed by atoms with Crippen molar-refractivity contribution >= 4 is 11.7 Å². The lowest BCUT2D eigenvalue weighted by atomic mass is 10.2. The molecule has 0 unspecified atom stereocenters. The van der Waals surface area contributed by atoms with Gasteiger partial charge in [-0.25, -0.2) is 11.3 Å². The zero-order valence-corrected chi connectivity index (χ0v) is 11.4. The normalized spacial score (nSPS) is 10.8. The van der Waals surface area contributed by atoms with Crippen molar-refractivity contribution in [1.29, 1.82) is 0 Å². The molecule has 0 aliphatic carbocycles. The van der Waals surface area contributed by atoms with Crippen molar-refractivity contribution in [2.24, 2.45) is 21.9 Å². The van der Waals surface area contributed by atoms with E-state index in [4.69, 9.17) is 16.4 Å². The first-order valence-electron chi connectivity index (χ1n) is 5.76. The van der Waals surface area contributed by atoms with E-state index in [1.165, 1.54) is 5.01 Å². The molecule has 0 saturated heterocycles. The second kappa shape index (κ2) is 7.22. The molecule has 0 atom stereocenters. The summed E-state index contributed by atoms with van der Waals surface area (Å²) >= 11 is 0. The van der Waals surface area contributed by atoms with Crippen LogP contribution in [0.3, 0.4) is 0 Å². The first-order chi connectivity index (χ1) is 9.06. The predicted molar refractivity (Wildman–Crippen MR) is 76.3 cm³/mol. The van der Waals surface area contributed by atoms with Gasteiger partial charge in [-0.15, -0.1) is 5.10 Å². The molecule has 0 heterocycles. The number of hydrogen-bond acceptors (Lipinski definition) is 5. The van der Waals surface area contributed by atoms with E-state index < -0.39 is 0 Å². The molecule has 0 aliphatic heterocycles. The highest BCUT2D eigenvalue weighted by Crippen LogP contribution is 2.12. The molecule has 1 aromatic carbocycles. The second-order valence-corrected chi connectivity index (χ2v) is 4.10. The number of rotatable bonds is 4. The highest BCUT2D eigenvalue weighted by atomic mass is 16.5. The van der Waals surface area contributed by atoms with E-state index in [9.17, 15) is 0 Å². The van der Waals surface area contributed by atoms with Crippen molar-refractivity contribution in [2.75, 3.05) is 7.11 Å². The smallest absolute Gasteiger partial charge is 0.251 e. The molecule has 0 saturated carbocycles. The molecule has 7 nitrogen and oxygen atoms in total. The SMILES string of the molecule is COc1ccc(CN(N)/C(=N\N)NN=C(C)C)cc1. The van der Waals surface area contributed by atoms with Crippen LogP contribution in [-0.4, -0.2) is 23.8 Å². The van der Waals surface area contributed by atoms with Gasteiger partial charge in [-0.3, -0.25) is 5.01 Å². The van der Waals surface area contributed by atoms with Gasteiger partial charge in [-0.1, -0.05) is 12.1 Å². The molecular formula is C12H20N6O. The third kappa shape index (κ3) is 4.84. The summed E-state index contributed by atoms with van der Waals surface area (Å²) in [6, 6.07) is 7.57. The van der Waals surface area contributed by atoms with Crippen molar-refractivity contribution < 1.29 is 4.74 Å². The Kier molecular flexibility index (Phi) is 5.62. The van der Waals surface area contributed by atoms with Crippen LogP contribution in [-0.2, 0) is 6.54 Å². The predicted octanol–water partition coefficient (Wildman–Crippen LogP) is 0.586. The summed E-state index contributed by atoms with van der Waals surface area (Å²) < 4.78 is 5.09. The third-order valence-corrected chi connectivity index (χ3v) is 2.29. The monoisotopic (exact) mass is 264 g/mol. The maximum atomic E-state index is 5.88. The molecular weight excluding hydrogens is 244 g/mol. The molecule has 0 amide bonds. The molecule has 19 heavy (non-hydrogen) atoms. The van der Waals surface area contributed by atoms with Gasteiger partial charge in [0, 0.05) is 5.71 Å². The molecule has 0 bridgehead atoms. The van der Waals surface area contributed by atoms with E-state index in [0.29, 0.717) is 6.54 Å². The van der Waals surface area contributed by atoms with Gasteiger partial charge in [-0.2, -0.15) is 5.10 Å². The molecule has 1 rings (SSSR count). The Hall–Kier alpha value is -2.28. The number of nitrogens with zero attached hydrogens (tertiary/aromatic N) is 3. The summed E-state index contributed by atoms with van der Waals surface area (Å²) in [6.07, 6.45) is 0. The van der Waals surface area contributed by atoms with Crippen LogP contribution in [0.2, 0.25) is 0 Å². The van der Waals surface area contributed by atoms with Gasteiger partial charge in [0.2, 0.25) is 0 Å². The van der Waals surface area contributed by atoms with Crippen LogP contribution in [0.1, 0.15) is 19.4 Å². The van der Waals surface area contributed by atoms with Gasteiger partial charge in [0.05, 0.1) is 13.7 Å². The number of hydrogen-bond donors (Lipinski definition) is 3. The number of hydrazine groups is 1. The average molecular weight is 264 g/mol. The summed E-state index contributed by atoms with van der Waals surface area (Å²) in [5.74, 6) is 12.2. The van der Waals surface area contributed by atoms with Gasteiger partial charge < -0.3 is 10.6 Å². The second-order valence-electron chi connectivity index (χ2n) is 4.10. The lowest BCUT2D eigenvalue weighted by Gasteiger charge is -2.19. The zero-order chi connectivity index (χ0) is 14.3. The number of nitrogens with one attached hydrogen (secondary N) is 1. The zero-order valence-electron chi connectivity index (χ0n) is 11.4. The van der Waals surface area contributed by atoms with Crippen molar-refractivity contribution in [3.8, 4) is 5.75 Å². The Morgan fingerprint density at radius 1 is 1.32 bits per heavy atom. The summed E-state index contributed by atoms with van der Waals surface area (Å²) in [7, 11) is 1.62. The molecule has 1 aromatic rings. The van der Waals surface area contributed by atoms with Gasteiger partial charge in [0.15, 0.2) is 0 Å². The largest absolute Gasteiger partial charge is 0.497 e. The van der Waals surface area contributed by atoms with Gasteiger partial charge >= 0.3 is 0 Å². The average Bonchev–Trinajstić information content (AvgIpc) is 2.40. The maximum absolute atomic E-state index is 5.88. The van der Waals surface area contributed by atoms with Crippen molar-refractivity contribution in [2.45, 2.75) is 20.4 Å².